The van der Waals surface area contributed by atoms with Gasteiger partial charge >= 0.3 is 0 Å². The minimum Gasteiger partial charge on any atom is -0.389 e. The van der Waals surface area contributed by atoms with Crippen molar-refractivity contribution in [3.05, 3.63) is 29.6 Å². The third-order valence-electron chi connectivity index (χ3n) is 3.44. The van der Waals surface area contributed by atoms with Gasteiger partial charge in [0.25, 0.3) is 0 Å². The summed E-state index contributed by atoms with van der Waals surface area (Å²) in [4.78, 5) is 2.52. The number of morpholine rings is 1. The molecule has 0 aromatic heterocycles. The highest BCUT2D eigenvalue weighted by atomic mass is 32.1. The van der Waals surface area contributed by atoms with Gasteiger partial charge in [0, 0.05) is 25.2 Å². The van der Waals surface area contributed by atoms with Crippen LogP contribution < -0.4 is 11.1 Å². The molecule has 1 aliphatic rings. The van der Waals surface area contributed by atoms with Gasteiger partial charge in [-0.2, -0.15) is 0 Å². The largest absolute Gasteiger partial charge is 0.389 e. The molecule has 3 N–H and O–H groups in total. The van der Waals surface area contributed by atoms with Crippen molar-refractivity contribution in [1.82, 2.24) is 4.90 Å². The first-order valence-corrected chi connectivity index (χ1v) is 7.18. The number of rotatable bonds is 5. The van der Waals surface area contributed by atoms with Crippen LogP contribution in [0.1, 0.15) is 12.5 Å². The second-order valence-corrected chi connectivity index (χ2v) is 5.27. The number of nitrogens with one attached hydrogen (secondary N) is 1. The lowest BCUT2D eigenvalue weighted by Gasteiger charge is -2.32. The van der Waals surface area contributed by atoms with Crippen LogP contribution in [0.3, 0.4) is 0 Å². The number of thiocarbonyl (C=S) groups is 1. The molecule has 1 heterocycles. The van der Waals surface area contributed by atoms with E-state index < -0.39 is 0 Å². The van der Waals surface area contributed by atoms with E-state index in [0.29, 0.717) is 17.8 Å². The van der Waals surface area contributed by atoms with Crippen molar-refractivity contribution >= 4 is 22.9 Å². The van der Waals surface area contributed by atoms with Gasteiger partial charge in [-0.15, -0.1) is 0 Å². The Balaban J connectivity index is 1.92. The molecule has 1 fully saturated rings. The Morgan fingerprint density at radius 1 is 1.60 bits per heavy atom. The number of nitrogens with two attached hydrogens (primary N) is 1. The van der Waals surface area contributed by atoms with E-state index in [9.17, 15) is 4.39 Å². The number of benzene rings is 1. The first-order chi connectivity index (χ1) is 9.60. The number of halogens is 1. The molecule has 0 radical (unpaired) electrons. The van der Waals surface area contributed by atoms with Crippen LogP contribution in [0.4, 0.5) is 10.1 Å². The third kappa shape index (κ3) is 3.88. The molecule has 1 unspecified atom stereocenters. The standard InChI is InChI=1S/C14H20FN3OS/c1-2-18-5-6-19-11(9-18)8-17-13-4-3-10(14(16)20)7-12(13)15/h3-4,7,11,17H,2,5-6,8-9H2,1H3,(H2,16,20). The van der Waals surface area contributed by atoms with E-state index in [-0.39, 0.29) is 16.9 Å². The zero-order valence-electron chi connectivity index (χ0n) is 11.6. The van der Waals surface area contributed by atoms with Crippen LogP contribution in [0.5, 0.6) is 0 Å². The second-order valence-electron chi connectivity index (χ2n) is 4.83. The lowest BCUT2D eigenvalue weighted by atomic mass is 10.2. The smallest absolute Gasteiger partial charge is 0.146 e. The fourth-order valence-corrected chi connectivity index (χ4v) is 2.35. The molecule has 0 saturated carbocycles. The van der Waals surface area contributed by atoms with Crippen molar-refractivity contribution < 1.29 is 9.13 Å². The predicted molar refractivity (Wildman–Crippen MR) is 82.6 cm³/mol. The van der Waals surface area contributed by atoms with Crippen molar-refractivity contribution in [2.75, 3.05) is 38.1 Å². The SMILES string of the molecule is CCN1CCOC(CNc2ccc(C(N)=S)cc2F)C1. The topological polar surface area (TPSA) is 50.5 Å². The van der Waals surface area contributed by atoms with Gasteiger partial charge in [-0.05, 0) is 24.7 Å². The Morgan fingerprint density at radius 2 is 2.40 bits per heavy atom. The fraction of sp³-hybridized carbons (Fsp3) is 0.500. The maximum Gasteiger partial charge on any atom is 0.146 e. The number of ether oxygens (including phenoxy) is 1. The highest BCUT2D eigenvalue weighted by Crippen LogP contribution is 2.16. The first-order valence-electron chi connectivity index (χ1n) is 6.77. The Labute approximate surface area is 124 Å². The van der Waals surface area contributed by atoms with Crippen LogP contribution in [0, 0.1) is 5.82 Å². The van der Waals surface area contributed by atoms with Crippen molar-refractivity contribution in [1.29, 1.82) is 0 Å². The van der Waals surface area contributed by atoms with Gasteiger partial charge in [0.2, 0.25) is 0 Å². The van der Waals surface area contributed by atoms with E-state index in [2.05, 4.69) is 17.1 Å². The molecule has 20 heavy (non-hydrogen) atoms. The van der Waals surface area contributed by atoms with Crippen molar-refractivity contribution in [2.45, 2.75) is 13.0 Å². The second kappa shape index (κ2) is 6.97. The summed E-state index contributed by atoms with van der Waals surface area (Å²) in [7, 11) is 0. The molecule has 110 valence electrons. The van der Waals surface area contributed by atoms with E-state index in [4.69, 9.17) is 22.7 Å². The van der Waals surface area contributed by atoms with Crippen LogP contribution in [0.2, 0.25) is 0 Å². The summed E-state index contributed by atoms with van der Waals surface area (Å²) in [6, 6.07) is 4.73. The zero-order chi connectivity index (χ0) is 14.5. The van der Waals surface area contributed by atoms with Crippen molar-refractivity contribution in [2.24, 2.45) is 5.73 Å². The molecule has 6 heteroatoms. The molecule has 1 atom stereocenters. The number of hydrogen-bond acceptors (Lipinski definition) is 4. The maximum absolute atomic E-state index is 13.9. The Morgan fingerprint density at radius 3 is 3.05 bits per heavy atom. The Hall–Kier alpha value is -1.24. The monoisotopic (exact) mass is 297 g/mol. The van der Waals surface area contributed by atoms with E-state index in [1.807, 2.05) is 0 Å². The maximum atomic E-state index is 13.9. The fourth-order valence-electron chi connectivity index (χ4n) is 2.23. The summed E-state index contributed by atoms with van der Waals surface area (Å²) < 4.78 is 19.5. The summed E-state index contributed by atoms with van der Waals surface area (Å²) in [5.41, 5.74) is 6.46. The minimum atomic E-state index is -0.349. The lowest BCUT2D eigenvalue weighted by molar-refractivity contribution is -0.0192. The molecule has 2 rings (SSSR count). The van der Waals surface area contributed by atoms with E-state index in [1.165, 1.54) is 6.07 Å². The van der Waals surface area contributed by atoms with Crippen LogP contribution >= 0.6 is 12.2 Å². The number of nitrogens with zero attached hydrogens (tertiary/aromatic N) is 1. The number of likely N-dealkylation sites (N-methyl/N-ethyl adjacent to an activating group) is 1. The Bertz CT molecular complexity index is 483. The van der Waals surface area contributed by atoms with Gasteiger partial charge < -0.3 is 15.8 Å². The average Bonchev–Trinajstić information content (AvgIpc) is 2.46. The zero-order valence-corrected chi connectivity index (χ0v) is 12.4. The molecule has 0 spiro atoms. The highest BCUT2D eigenvalue weighted by Gasteiger charge is 2.19. The number of hydrogen-bond donors (Lipinski definition) is 2. The molecule has 1 aromatic rings. The highest BCUT2D eigenvalue weighted by molar-refractivity contribution is 7.80. The molecule has 0 bridgehead atoms. The van der Waals surface area contributed by atoms with Gasteiger partial charge in [0.15, 0.2) is 0 Å². The minimum absolute atomic E-state index is 0.0818. The summed E-state index contributed by atoms with van der Waals surface area (Å²) in [6.07, 6.45) is 0.0818. The van der Waals surface area contributed by atoms with Crippen LogP contribution in [0.15, 0.2) is 18.2 Å². The summed E-state index contributed by atoms with van der Waals surface area (Å²) >= 11 is 4.82. The molecule has 1 aliphatic heterocycles. The molecular formula is C14H20FN3OS. The molecule has 1 aromatic carbocycles. The van der Waals surface area contributed by atoms with Crippen LogP contribution in [-0.4, -0.2) is 48.8 Å². The van der Waals surface area contributed by atoms with Gasteiger partial charge in [-0.1, -0.05) is 19.1 Å². The van der Waals surface area contributed by atoms with E-state index in [0.717, 1.165) is 26.2 Å². The number of anilines is 1. The van der Waals surface area contributed by atoms with Gasteiger partial charge in [0.05, 0.1) is 18.4 Å². The van der Waals surface area contributed by atoms with Gasteiger partial charge in [0.1, 0.15) is 10.8 Å². The van der Waals surface area contributed by atoms with Crippen molar-refractivity contribution in [3.8, 4) is 0 Å². The predicted octanol–water partition coefficient (Wildman–Crippen LogP) is 1.59. The molecular weight excluding hydrogens is 277 g/mol. The first kappa shape index (κ1) is 15.2. The average molecular weight is 297 g/mol. The molecule has 1 saturated heterocycles. The normalized spacial score (nSPS) is 19.8. The quantitative estimate of drug-likeness (QED) is 0.808. The Kier molecular flexibility index (Phi) is 5.28. The summed E-state index contributed by atoms with van der Waals surface area (Å²) in [6.45, 7) is 6.28. The summed E-state index contributed by atoms with van der Waals surface area (Å²) in [5.74, 6) is -0.349. The van der Waals surface area contributed by atoms with Gasteiger partial charge in [-0.3, -0.25) is 4.90 Å². The molecule has 0 amide bonds. The molecule has 0 aliphatic carbocycles. The third-order valence-corrected chi connectivity index (χ3v) is 3.68. The van der Waals surface area contributed by atoms with Crippen LogP contribution in [-0.2, 0) is 4.74 Å². The van der Waals surface area contributed by atoms with E-state index in [1.54, 1.807) is 12.1 Å². The van der Waals surface area contributed by atoms with Crippen LogP contribution in [0.25, 0.3) is 0 Å². The van der Waals surface area contributed by atoms with Crippen molar-refractivity contribution in [3.63, 3.8) is 0 Å². The van der Waals surface area contributed by atoms with Gasteiger partial charge in [-0.25, -0.2) is 4.39 Å². The lowest BCUT2D eigenvalue weighted by Crippen LogP contribution is -2.45. The molecule has 4 nitrogen and oxygen atoms in total. The summed E-state index contributed by atoms with van der Waals surface area (Å²) in [5, 5.41) is 3.08. The van der Waals surface area contributed by atoms with E-state index >= 15 is 0 Å².